The molecule has 0 aromatic heterocycles. The van der Waals surface area contributed by atoms with Crippen LogP contribution in [0.3, 0.4) is 0 Å². The number of benzene rings is 2. The van der Waals surface area contributed by atoms with Crippen LogP contribution in [0.4, 0.5) is 4.79 Å². The topological polar surface area (TPSA) is 111 Å². The van der Waals surface area contributed by atoms with Crippen molar-refractivity contribution in [2.45, 2.75) is 24.6 Å². The SMILES string of the molecule is CC(NC(=O)NCc1ccc(S(N)(=O)=O)cc1)Oc1ccc(Cl)cc1. The van der Waals surface area contributed by atoms with Crippen molar-refractivity contribution >= 4 is 27.7 Å². The van der Waals surface area contributed by atoms with Gasteiger partial charge in [-0.15, -0.1) is 0 Å². The Hall–Kier alpha value is -2.29. The first-order valence-electron chi connectivity index (χ1n) is 7.32. The Balaban J connectivity index is 1.80. The molecule has 9 heteroatoms. The molecule has 0 spiro atoms. The second-order valence-corrected chi connectivity index (χ2v) is 7.23. The molecule has 0 saturated carbocycles. The minimum absolute atomic E-state index is 0.0192. The molecule has 25 heavy (non-hydrogen) atoms. The summed E-state index contributed by atoms with van der Waals surface area (Å²) in [4.78, 5) is 11.9. The number of ether oxygens (including phenoxy) is 1. The van der Waals surface area contributed by atoms with E-state index < -0.39 is 22.3 Å². The Kier molecular flexibility index (Phi) is 6.24. The van der Waals surface area contributed by atoms with E-state index in [1.807, 2.05) is 0 Å². The van der Waals surface area contributed by atoms with Gasteiger partial charge < -0.3 is 15.4 Å². The number of rotatable bonds is 6. The number of nitrogens with one attached hydrogen (secondary N) is 2. The zero-order chi connectivity index (χ0) is 18.4. The van der Waals surface area contributed by atoms with Gasteiger partial charge in [-0.05, 0) is 48.9 Å². The van der Waals surface area contributed by atoms with Crippen molar-refractivity contribution in [3.8, 4) is 5.75 Å². The summed E-state index contributed by atoms with van der Waals surface area (Å²) in [6.45, 7) is 1.92. The third kappa shape index (κ3) is 6.26. The van der Waals surface area contributed by atoms with E-state index in [0.717, 1.165) is 5.56 Å². The first-order chi connectivity index (χ1) is 11.7. The monoisotopic (exact) mass is 383 g/mol. The predicted molar refractivity (Wildman–Crippen MR) is 94.7 cm³/mol. The number of urea groups is 1. The van der Waals surface area contributed by atoms with Crippen molar-refractivity contribution in [1.29, 1.82) is 0 Å². The normalized spacial score (nSPS) is 12.3. The molecule has 1 atom stereocenters. The molecule has 0 radical (unpaired) electrons. The maximum Gasteiger partial charge on any atom is 0.317 e. The number of sulfonamides is 1. The van der Waals surface area contributed by atoms with Crippen molar-refractivity contribution in [1.82, 2.24) is 10.6 Å². The van der Waals surface area contributed by atoms with E-state index in [4.69, 9.17) is 21.5 Å². The number of hydrogen-bond acceptors (Lipinski definition) is 4. The summed E-state index contributed by atoms with van der Waals surface area (Å²) in [5.41, 5.74) is 0.730. The lowest BCUT2D eigenvalue weighted by atomic mass is 10.2. The number of halogens is 1. The first kappa shape index (κ1) is 19.0. The van der Waals surface area contributed by atoms with Gasteiger partial charge in [0.1, 0.15) is 5.75 Å². The smallest absolute Gasteiger partial charge is 0.317 e. The Morgan fingerprint density at radius 1 is 1.16 bits per heavy atom. The molecule has 1 unspecified atom stereocenters. The van der Waals surface area contributed by atoms with Crippen molar-refractivity contribution in [2.24, 2.45) is 5.14 Å². The third-order valence-electron chi connectivity index (χ3n) is 3.17. The molecule has 7 nitrogen and oxygen atoms in total. The molecule has 0 saturated heterocycles. The second kappa shape index (κ2) is 8.19. The van der Waals surface area contributed by atoms with Crippen LogP contribution in [-0.4, -0.2) is 20.7 Å². The zero-order valence-corrected chi connectivity index (χ0v) is 15.0. The fraction of sp³-hybridized carbons (Fsp3) is 0.188. The molecular formula is C16H18ClN3O4S. The van der Waals surface area contributed by atoms with Gasteiger partial charge in [0.2, 0.25) is 10.0 Å². The van der Waals surface area contributed by atoms with E-state index >= 15 is 0 Å². The quantitative estimate of drug-likeness (QED) is 0.664. The second-order valence-electron chi connectivity index (χ2n) is 5.23. The Bertz CT molecular complexity index is 823. The summed E-state index contributed by atoms with van der Waals surface area (Å²) in [5.74, 6) is 0.579. The highest BCUT2D eigenvalue weighted by atomic mass is 35.5. The Morgan fingerprint density at radius 3 is 2.32 bits per heavy atom. The minimum atomic E-state index is -3.72. The standard InChI is InChI=1S/C16H18ClN3O4S/c1-11(24-14-6-4-13(17)5-7-14)20-16(21)19-10-12-2-8-15(9-3-12)25(18,22)23/h2-9,11H,10H2,1H3,(H2,18,22,23)(H2,19,20,21). The summed E-state index contributed by atoms with van der Waals surface area (Å²) in [6, 6.07) is 12.3. The van der Waals surface area contributed by atoms with Gasteiger partial charge in [0.25, 0.3) is 0 Å². The van der Waals surface area contributed by atoms with E-state index in [2.05, 4.69) is 10.6 Å². The van der Waals surface area contributed by atoms with Gasteiger partial charge in [-0.2, -0.15) is 0 Å². The minimum Gasteiger partial charge on any atom is -0.471 e. The van der Waals surface area contributed by atoms with E-state index in [1.165, 1.54) is 12.1 Å². The van der Waals surface area contributed by atoms with Crippen LogP contribution in [0.15, 0.2) is 53.4 Å². The molecule has 0 aliphatic carbocycles. The highest BCUT2D eigenvalue weighted by Gasteiger charge is 2.09. The predicted octanol–water partition coefficient (Wildman–Crippen LogP) is 2.21. The molecule has 0 bridgehead atoms. The third-order valence-corrected chi connectivity index (χ3v) is 4.35. The number of primary sulfonamides is 1. The van der Waals surface area contributed by atoms with E-state index in [9.17, 15) is 13.2 Å². The fourth-order valence-corrected chi connectivity index (χ4v) is 2.60. The molecule has 2 aromatic carbocycles. The molecule has 2 amide bonds. The molecule has 134 valence electrons. The molecule has 0 aliphatic heterocycles. The van der Waals surface area contributed by atoms with Crippen LogP contribution in [0.25, 0.3) is 0 Å². The lowest BCUT2D eigenvalue weighted by molar-refractivity contribution is 0.177. The summed E-state index contributed by atoms with van der Waals surface area (Å²) >= 11 is 5.79. The largest absolute Gasteiger partial charge is 0.471 e. The number of hydrogen-bond donors (Lipinski definition) is 3. The Labute approximate surface area is 151 Å². The van der Waals surface area contributed by atoms with Gasteiger partial charge in [-0.1, -0.05) is 23.7 Å². The van der Waals surface area contributed by atoms with Gasteiger partial charge in [-0.3, -0.25) is 0 Å². The van der Waals surface area contributed by atoms with Crippen LogP contribution in [0, 0.1) is 0 Å². The van der Waals surface area contributed by atoms with Gasteiger partial charge >= 0.3 is 6.03 Å². The average Bonchev–Trinajstić information content (AvgIpc) is 2.54. The van der Waals surface area contributed by atoms with Crippen LogP contribution in [-0.2, 0) is 16.6 Å². The van der Waals surface area contributed by atoms with Gasteiger partial charge in [-0.25, -0.2) is 18.4 Å². The molecular weight excluding hydrogens is 366 g/mol. The highest BCUT2D eigenvalue weighted by Crippen LogP contribution is 2.16. The summed E-state index contributed by atoms with van der Waals surface area (Å²) < 4.78 is 27.9. The Morgan fingerprint density at radius 2 is 1.76 bits per heavy atom. The van der Waals surface area contributed by atoms with E-state index in [0.29, 0.717) is 10.8 Å². The number of carbonyl (C=O) groups excluding carboxylic acids is 1. The summed E-state index contributed by atoms with van der Waals surface area (Å²) in [7, 11) is -3.72. The maximum atomic E-state index is 11.9. The van der Waals surface area contributed by atoms with Crippen LogP contribution in [0.1, 0.15) is 12.5 Å². The first-order valence-corrected chi connectivity index (χ1v) is 9.25. The maximum absolute atomic E-state index is 11.9. The molecule has 2 aromatic rings. The number of amides is 2. The molecule has 4 N–H and O–H groups in total. The highest BCUT2D eigenvalue weighted by molar-refractivity contribution is 7.89. The van der Waals surface area contributed by atoms with E-state index in [-0.39, 0.29) is 11.4 Å². The lowest BCUT2D eigenvalue weighted by Crippen LogP contribution is -2.43. The van der Waals surface area contributed by atoms with Gasteiger partial charge in [0, 0.05) is 11.6 Å². The van der Waals surface area contributed by atoms with Crippen LogP contribution >= 0.6 is 11.6 Å². The van der Waals surface area contributed by atoms with Crippen LogP contribution in [0.5, 0.6) is 5.75 Å². The number of carbonyl (C=O) groups is 1. The van der Waals surface area contributed by atoms with Crippen molar-refractivity contribution in [3.05, 3.63) is 59.1 Å². The van der Waals surface area contributed by atoms with Crippen LogP contribution < -0.4 is 20.5 Å². The fourth-order valence-electron chi connectivity index (χ4n) is 1.96. The average molecular weight is 384 g/mol. The van der Waals surface area contributed by atoms with Crippen molar-refractivity contribution in [2.75, 3.05) is 0 Å². The molecule has 2 rings (SSSR count). The van der Waals surface area contributed by atoms with Crippen LogP contribution in [0.2, 0.25) is 5.02 Å². The molecule has 0 fully saturated rings. The summed E-state index contributed by atoms with van der Waals surface area (Å²) in [6.07, 6.45) is -0.550. The van der Waals surface area contributed by atoms with Gasteiger partial charge in [0.05, 0.1) is 4.90 Å². The molecule has 0 heterocycles. The van der Waals surface area contributed by atoms with Crippen molar-refractivity contribution < 1.29 is 17.9 Å². The number of nitrogens with two attached hydrogens (primary N) is 1. The summed E-state index contributed by atoms with van der Waals surface area (Å²) in [5, 5.41) is 10.9. The molecule has 0 aliphatic rings. The van der Waals surface area contributed by atoms with Crippen molar-refractivity contribution in [3.63, 3.8) is 0 Å². The van der Waals surface area contributed by atoms with E-state index in [1.54, 1.807) is 43.3 Å². The lowest BCUT2D eigenvalue weighted by Gasteiger charge is -2.17. The zero-order valence-electron chi connectivity index (χ0n) is 13.4. The van der Waals surface area contributed by atoms with Gasteiger partial charge in [0.15, 0.2) is 6.23 Å².